The zero-order chi connectivity index (χ0) is 23.9. The molecule has 0 bridgehead atoms. The number of aliphatic hydroxyl groups excluding tert-OH is 1. The first kappa shape index (κ1) is 24.3. The van der Waals surface area contributed by atoms with Gasteiger partial charge in [0.15, 0.2) is 5.76 Å². The Morgan fingerprint density at radius 1 is 1.29 bits per heavy atom. The molecule has 1 aromatic carbocycles. The molecule has 8 heteroatoms. The van der Waals surface area contributed by atoms with Gasteiger partial charge in [0.05, 0.1) is 6.26 Å². The van der Waals surface area contributed by atoms with Crippen LogP contribution in [0.4, 0.5) is 0 Å². The Bertz CT molecular complexity index is 1020. The fourth-order valence-corrected chi connectivity index (χ4v) is 4.88. The predicted molar refractivity (Wildman–Crippen MR) is 127 cm³/mol. The van der Waals surface area contributed by atoms with Gasteiger partial charge in [0.1, 0.15) is 5.58 Å². The second-order valence-corrected chi connectivity index (χ2v) is 8.81. The summed E-state index contributed by atoms with van der Waals surface area (Å²) in [5.74, 6) is -0.121. The maximum absolute atomic E-state index is 13.0. The summed E-state index contributed by atoms with van der Waals surface area (Å²) < 4.78 is 17.7. The van der Waals surface area contributed by atoms with Gasteiger partial charge in [0.2, 0.25) is 12.2 Å². The fourth-order valence-electron chi connectivity index (χ4n) is 4.88. The summed E-state index contributed by atoms with van der Waals surface area (Å²) in [4.78, 5) is 26.6. The first-order valence-electron chi connectivity index (χ1n) is 12.3. The number of para-hydroxylation sites is 1. The Kier molecular flexibility index (Phi) is 8.24. The van der Waals surface area contributed by atoms with Crippen molar-refractivity contribution in [1.29, 1.82) is 0 Å². The van der Waals surface area contributed by atoms with E-state index in [0.717, 1.165) is 29.5 Å². The molecule has 8 nitrogen and oxygen atoms in total. The van der Waals surface area contributed by atoms with Crippen molar-refractivity contribution in [3.63, 3.8) is 0 Å². The molecule has 0 spiro atoms. The van der Waals surface area contributed by atoms with Crippen molar-refractivity contribution in [3.05, 3.63) is 47.9 Å². The van der Waals surface area contributed by atoms with Crippen molar-refractivity contribution in [2.24, 2.45) is 5.92 Å². The summed E-state index contributed by atoms with van der Waals surface area (Å²) in [6.07, 6.45) is 6.50. The van der Waals surface area contributed by atoms with E-state index in [2.05, 4.69) is 5.32 Å². The molecule has 34 heavy (non-hydrogen) atoms. The highest BCUT2D eigenvalue weighted by Crippen LogP contribution is 2.42. The van der Waals surface area contributed by atoms with Crippen molar-refractivity contribution in [3.8, 4) is 0 Å². The van der Waals surface area contributed by atoms with E-state index in [1.165, 1.54) is 0 Å². The summed E-state index contributed by atoms with van der Waals surface area (Å²) in [7, 11) is 0. The van der Waals surface area contributed by atoms with Crippen molar-refractivity contribution < 1.29 is 28.6 Å². The number of hydrogen-bond acceptors (Lipinski definition) is 6. The molecule has 2 N–H and O–H groups in total. The first-order chi connectivity index (χ1) is 16.6. The van der Waals surface area contributed by atoms with Gasteiger partial charge in [-0.3, -0.25) is 9.59 Å². The smallest absolute Gasteiger partial charge is 0.286 e. The third kappa shape index (κ3) is 5.45. The standard InChI is InChI=1S/C26H34N2O6/c1-2-32-26-19(9-6-15-29)20(21-17-33-22-10-4-3-8-18(21)22)16-23(34-26)25(31)27-12-7-14-28-13-5-11-24(28)30/h3-4,8,10,16-17,19-20,26,29H,2,5-7,9,11-15H2,1H3,(H,27,31)/t19-,20+,26-/m1/s1. The maximum Gasteiger partial charge on any atom is 0.286 e. The first-order valence-corrected chi connectivity index (χ1v) is 12.3. The SMILES string of the molecule is CCO[C@@H]1OC(C(=O)NCCCN2CCCC2=O)=C[C@H](c2coc3ccccc23)[C@H]1CCCO. The predicted octanol–water partition coefficient (Wildman–Crippen LogP) is 3.31. The molecule has 184 valence electrons. The molecule has 2 aliphatic heterocycles. The average Bonchev–Trinajstić information content (AvgIpc) is 3.46. The Labute approximate surface area is 199 Å². The molecular formula is C26H34N2O6. The number of likely N-dealkylation sites (tertiary alicyclic amines) is 1. The number of aliphatic hydroxyl groups is 1. The van der Waals surface area contributed by atoms with E-state index >= 15 is 0 Å². The molecular weight excluding hydrogens is 436 g/mol. The zero-order valence-electron chi connectivity index (χ0n) is 19.7. The van der Waals surface area contributed by atoms with Gasteiger partial charge in [-0.2, -0.15) is 0 Å². The maximum atomic E-state index is 13.0. The van der Waals surface area contributed by atoms with Crippen LogP contribution in [0.2, 0.25) is 0 Å². The summed E-state index contributed by atoms with van der Waals surface area (Å²) >= 11 is 0. The number of ether oxygens (including phenoxy) is 2. The fraction of sp³-hybridized carbons (Fsp3) is 0.538. The molecule has 2 aromatic rings. The third-order valence-corrected chi connectivity index (χ3v) is 6.57. The number of allylic oxidation sites excluding steroid dienone is 1. The molecule has 0 aliphatic carbocycles. The molecule has 1 aromatic heterocycles. The van der Waals surface area contributed by atoms with Gasteiger partial charge in [0, 0.05) is 62.1 Å². The van der Waals surface area contributed by atoms with Crippen molar-refractivity contribution >= 4 is 22.8 Å². The van der Waals surface area contributed by atoms with E-state index in [-0.39, 0.29) is 36.0 Å². The van der Waals surface area contributed by atoms with Gasteiger partial charge < -0.3 is 29.2 Å². The lowest BCUT2D eigenvalue weighted by molar-refractivity contribution is -0.166. The number of carbonyl (C=O) groups excluding carboxylic acids is 2. The second kappa shape index (κ2) is 11.5. The second-order valence-electron chi connectivity index (χ2n) is 8.81. The summed E-state index contributed by atoms with van der Waals surface area (Å²) in [6.45, 7) is 4.31. The van der Waals surface area contributed by atoms with Crippen LogP contribution in [0.25, 0.3) is 11.0 Å². The lowest BCUT2D eigenvalue weighted by Gasteiger charge is -2.36. The van der Waals surface area contributed by atoms with Gasteiger partial charge in [-0.25, -0.2) is 0 Å². The molecule has 3 heterocycles. The van der Waals surface area contributed by atoms with Crippen LogP contribution in [0.3, 0.4) is 0 Å². The number of amides is 2. The Morgan fingerprint density at radius 3 is 2.91 bits per heavy atom. The van der Waals surface area contributed by atoms with Gasteiger partial charge >= 0.3 is 0 Å². The van der Waals surface area contributed by atoms with Crippen LogP contribution in [-0.4, -0.2) is 61.0 Å². The van der Waals surface area contributed by atoms with Crippen LogP contribution in [0, 0.1) is 5.92 Å². The lowest BCUT2D eigenvalue weighted by Crippen LogP contribution is -2.39. The molecule has 1 saturated heterocycles. The number of carbonyl (C=O) groups is 2. The molecule has 2 amide bonds. The highest BCUT2D eigenvalue weighted by molar-refractivity contribution is 5.92. The highest BCUT2D eigenvalue weighted by Gasteiger charge is 2.39. The molecule has 1 fully saturated rings. The number of fused-ring (bicyclic) bond motifs is 1. The van der Waals surface area contributed by atoms with Gasteiger partial charge in [-0.05, 0) is 44.7 Å². The van der Waals surface area contributed by atoms with E-state index in [0.29, 0.717) is 45.4 Å². The zero-order valence-corrected chi connectivity index (χ0v) is 19.7. The van der Waals surface area contributed by atoms with Crippen LogP contribution in [0.1, 0.15) is 50.5 Å². The van der Waals surface area contributed by atoms with Gasteiger partial charge in [-0.1, -0.05) is 18.2 Å². The van der Waals surface area contributed by atoms with E-state index in [4.69, 9.17) is 13.9 Å². The van der Waals surface area contributed by atoms with E-state index < -0.39 is 6.29 Å². The molecule has 4 rings (SSSR count). The van der Waals surface area contributed by atoms with E-state index in [1.54, 1.807) is 6.26 Å². The summed E-state index contributed by atoms with van der Waals surface area (Å²) in [6, 6.07) is 7.82. The van der Waals surface area contributed by atoms with Crippen LogP contribution >= 0.6 is 0 Å². The van der Waals surface area contributed by atoms with Crippen molar-refractivity contribution in [1.82, 2.24) is 10.2 Å². The Hall–Kier alpha value is -2.84. The number of hydrogen-bond donors (Lipinski definition) is 2. The topological polar surface area (TPSA) is 101 Å². The number of nitrogens with one attached hydrogen (secondary N) is 1. The largest absolute Gasteiger partial charge is 0.464 e. The van der Waals surface area contributed by atoms with Crippen LogP contribution in [0.5, 0.6) is 0 Å². The number of rotatable bonds is 11. The molecule has 3 atom stereocenters. The number of nitrogens with zero attached hydrogens (tertiary/aromatic N) is 1. The van der Waals surface area contributed by atoms with Crippen LogP contribution < -0.4 is 5.32 Å². The lowest BCUT2D eigenvalue weighted by atomic mass is 9.80. The quantitative estimate of drug-likeness (QED) is 0.489. The van der Waals surface area contributed by atoms with Crippen molar-refractivity contribution in [2.45, 2.75) is 51.2 Å². The molecule has 2 aliphatic rings. The summed E-state index contributed by atoms with van der Waals surface area (Å²) in [5, 5.41) is 13.4. The summed E-state index contributed by atoms with van der Waals surface area (Å²) in [5.41, 5.74) is 1.76. The minimum Gasteiger partial charge on any atom is -0.464 e. The average molecular weight is 471 g/mol. The van der Waals surface area contributed by atoms with Gasteiger partial charge in [-0.15, -0.1) is 0 Å². The van der Waals surface area contributed by atoms with Gasteiger partial charge in [0.25, 0.3) is 5.91 Å². The number of benzene rings is 1. The van der Waals surface area contributed by atoms with Crippen molar-refractivity contribution in [2.75, 3.05) is 32.8 Å². The Morgan fingerprint density at radius 2 is 2.15 bits per heavy atom. The molecule has 0 unspecified atom stereocenters. The van der Waals surface area contributed by atoms with E-state index in [1.807, 2.05) is 42.2 Å². The minimum absolute atomic E-state index is 0.0742. The minimum atomic E-state index is -0.608. The highest BCUT2D eigenvalue weighted by atomic mass is 16.7. The molecule has 0 saturated carbocycles. The normalized spacial score (nSPS) is 22.6. The van der Waals surface area contributed by atoms with Crippen LogP contribution in [-0.2, 0) is 19.1 Å². The Balaban J connectivity index is 1.52. The van der Waals surface area contributed by atoms with E-state index in [9.17, 15) is 14.7 Å². The third-order valence-electron chi connectivity index (χ3n) is 6.57. The van der Waals surface area contributed by atoms with Crippen LogP contribution in [0.15, 0.2) is 46.8 Å². The molecule has 0 radical (unpaired) electrons. The monoisotopic (exact) mass is 470 g/mol. The number of furan rings is 1.